The molecule has 0 spiro atoms. The van der Waals surface area contributed by atoms with Crippen molar-refractivity contribution in [3.63, 3.8) is 0 Å². The van der Waals surface area contributed by atoms with Crippen LogP contribution in [0.15, 0.2) is 16.6 Å². The normalized spacial score (nSPS) is 19.8. The molecule has 1 nitrogen and oxygen atoms in total. The molecule has 100 valence electrons. The molecule has 0 bridgehead atoms. The Kier molecular flexibility index (Phi) is 4.00. The van der Waals surface area contributed by atoms with Crippen LogP contribution in [0.5, 0.6) is 0 Å². The minimum atomic E-state index is -0.192. The summed E-state index contributed by atoms with van der Waals surface area (Å²) < 4.78 is 13.9. The molecule has 0 aliphatic heterocycles. The van der Waals surface area contributed by atoms with Crippen molar-refractivity contribution in [3.8, 4) is 0 Å². The second-order valence-electron chi connectivity index (χ2n) is 6.16. The molecule has 0 atom stereocenters. The average Bonchev–Trinajstić information content (AvgIpc) is 2.28. The first kappa shape index (κ1) is 13.9. The van der Waals surface area contributed by atoms with Crippen LogP contribution in [0.4, 0.5) is 10.1 Å². The van der Waals surface area contributed by atoms with E-state index in [4.69, 9.17) is 0 Å². The lowest BCUT2D eigenvalue weighted by Crippen LogP contribution is -2.30. The predicted molar refractivity (Wildman–Crippen MR) is 78.5 cm³/mol. The molecule has 0 unspecified atom stereocenters. The number of hydrogen-bond donors (Lipinski definition) is 1. The van der Waals surface area contributed by atoms with Gasteiger partial charge in [-0.05, 0) is 71.6 Å². The van der Waals surface area contributed by atoms with Gasteiger partial charge in [0.1, 0.15) is 5.82 Å². The van der Waals surface area contributed by atoms with E-state index in [0.717, 1.165) is 11.3 Å². The molecule has 18 heavy (non-hydrogen) atoms. The Hall–Kier alpha value is -0.570. The van der Waals surface area contributed by atoms with Crippen LogP contribution in [-0.2, 0) is 0 Å². The fourth-order valence-electron chi connectivity index (χ4n) is 2.57. The van der Waals surface area contributed by atoms with Crippen LogP contribution >= 0.6 is 15.9 Å². The summed E-state index contributed by atoms with van der Waals surface area (Å²) in [6.45, 7) is 6.62. The number of hydrogen-bond acceptors (Lipinski definition) is 1. The summed E-state index contributed by atoms with van der Waals surface area (Å²) >= 11 is 3.25. The number of anilines is 1. The highest BCUT2D eigenvalue weighted by molar-refractivity contribution is 9.10. The Balaban J connectivity index is 2.04. The van der Waals surface area contributed by atoms with Gasteiger partial charge in [0.2, 0.25) is 0 Å². The summed E-state index contributed by atoms with van der Waals surface area (Å²) in [6, 6.07) is 3.96. The van der Waals surface area contributed by atoms with Crippen LogP contribution in [0.3, 0.4) is 0 Å². The minimum Gasteiger partial charge on any atom is -0.382 e. The summed E-state index contributed by atoms with van der Waals surface area (Å²) in [6.07, 6.45) is 4.90. The molecular weight excluding hydrogens is 293 g/mol. The van der Waals surface area contributed by atoms with Crippen LogP contribution in [0, 0.1) is 18.2 Å². The first-order valence-electron chi connectivity index (χ1n) is 6.59. The van der Waals surface area contributed by atoms with E-state index in [1.54, 1.807) is 6.07 Å². The summed E-state index contributed by atoms with van der Waals surface area (Å²) in [7, 11) is 0. The quantitative estimate of drug-likeness (QED) is 0.783. The van der Waals surface area contributed by atoms with Gasteiger partial charge in [-0.15, -0.1) is 0 Å². The Bertz CT molecular complexity index is 432. The van der Waals surface area contributed by atoms with Gasteiger partial charge in [-0.1, -0.05) is 13.8 Å². The van der Waals surface area contributed by atoms with Gasteiger partial charge in [-0.3, -0.25) is 0 Å². The molecule has 1 aliphatic rings. The maximum absolute atomic E-state index is 13.4. The molecule has 0 aromatic heterocycles. The topological polar surface area (TPSA) is 12.0 Å². The molecule has 1 aliphatic carbocycles. The van der Waals surface area contributed by atoms with Crippen molar-refractivity contribution in [3.05, 3.63) is 28.0 Å². The van der Waals surface area contributed by atoms with Crippen LogP contribution in [0.2, 0.25) is 0 Å². The number of halogens is 2. The van der Waals surface area contributed by atoms with Crippen LogP contribution in [-0.4, -0.2) is 6.04 Å². The third-order valence-electron chi connectivity index (χ3n) is 3.97. The SMILES string of the molecule is Cc1cc(F)c(Br)cc1NC1CCC(C)(C)CC1. The lowest BCUT2D eigenvalue weighted by Gasteiger charge is -2.35. The van der Waals surface area contributed by atoms with Gasteiger partial charge >= 0.3 is 0 Å². The van der Waals surface area contributed by atoms with E-state index >= 15 is 0 Å². The van der Waals surface area contributed by atoms with E-state index in [1.165, 1.54) is 25.7 Å². The maximum atomic E-state index is 13.4. The van der Waals surface area contributed by atoms with Crippen molar-refractivity contribution in [2.75, 3.05) is 5.32 Å². The van der Waals surface area contributed by atoms with E-state index in [9.17, 15) is 4.39 Å². The smallest absolute Gasteiger partial charge is 0.137 e. The number of rotatable bonds is 2. The second-order valence-corrected chi connectivity index (χ2v) is 7.02. The largest absolute Gasteiger partial charge is 0.382 e. The molecule has 0 heterocycles. The van der Waals surface area contributed by atoms with Crippen LogP contribution < -0.4 is 5.32 Å². The highest BCUT2D eigenvalue weighted by atomic mass is 79.9. The van der Waals surface area contributed by atoms with Gasteiger partial charge in [-0.2, -0.15) is 0 Å². The molecule has 1 aromatic rings. The van der Waals surface area contributed by atoms with E-state index in [1.807, 2.05) is 13.0 Å². The third-order valence-corrected chi connectivity index (χ3v) is 4.57. The Labute approximate surface area is 117 Å². The monoisotopic (exact) mass is 313 g/mol. The fourth-order valence-corrected chi connectivity index (χ4v) is 2.91. The standard InChI is InChI=1S/C15H21BrFN/c1-10-8-13(17)12(16)9-14(10)18-11-4-6-15(2,3)7-5-11/h8-9,11,18H,4-7H2,1-3H3. The van der Waals surface area contributed by atoms with Gasteiger partial charge in [-0.25, -0.2) is 4.39 Å². The third kappa shape index (κ3) is 3.25. The fraction of sp³-hybridized carbons (Fsp3) is 0.600. The lowest BCUT2D eigenvalue weighted by atomic mass is 9.75. The van der Waals surface area contributed by atoms with E-state index in [-0.39, 0.29) is 5.82 Å². The summed E-state index contributed by atoms with van der Waals surface area (Å²) in [4.78, 5) is 0. The van der Waals surface area contributed by atoms with Gasteiger partial charge < -0.3 is 5.32 Å². The molecule has 3 heteroatoms. The van der Waals surface area contributed by atoms with Crippen molar-refractivity contribution in [1.29, 1.82) is 0 Å². The van der Waals surface area contributed by atoms with E-state index in [2.05, 4.69) is 35.1 Å². The molecule has 1 N–H and O–H groups in total. The highest BCUT2D eigenvalue weighted by Gasteiger charge is 2.26. The summed E-state index contributed by atoms with van der Waals surface area (Å²) in [5, 5.41) is 3.56. The van der Waals surface area contributed by atoms with Gasteiger partial charge in [0.15, 0.2) is 0 Å². The van der Waals surface area contributed by atoms with Crippen LogP contribution in [0.25, 0.3) is 0 Å². The molecule has 1 fully saturated rings. The zero-order valence-corrected chi connectivity index (χ0v) is 12.9. The molecule has 0 saturated heterocycles. The molecular formula is C15H21BrFN. The van der Waals surface area contributed by atoms with Crippen molar-refractivity contribution in [1.82, 2.24) is 0 Å². The number of benzene rings is 1. The molecule has 0 radical (unpaired) electrons. The number of aryl methyl sites for hydroxylation is 1. The average molecular weight is 314 g/mol. The zero-order chi connectivity index (χ0) is 13.3. The molecule has 2 rings (SSSR count). The van der Waals surface area contributed by atoms with E-state index < -0.39 is 0 Å². The Morgan fingerprint density at radius 2 is 1.89 bits per heavy atom. The van der Waals surface area contributed by atoms with Crippen LogP contribution in [0.1, 0.15) is 45.1 Å². The molecule has 1 aromatic carbocycles. The summed E-state index contributed by atoms with van der Waals surface area (Å²) in [5.41, 5.74) is 2.50. The van der Waals surface area contributed by atoms with Crippen molar-refractivity contribution in [2.45, 2.75) is 52.5 Å². The van der Waals surface area contributed by atoms with Crippen molar-refractivity contribution in [2.24, 2.45) is 5.41 Å². The Morgan fingerprint density at radius 3 is 2.50 bits per heavy atom. The van der Waals surface area contributed by atoms with Crippen molar-refractivity contribution < 1.29 is 4.39 Å². The number of nitrogens with one attached hydrogen (secondary N) is 1. The van der Waals surface area contributed by atoms with Crippen molar-refractivity contribution >= 4 is 21.6 Å². The zero-order valence-electron chi connectivity index (χ0n) is 11.3. The molecule has 1 saturated carbocycles. The first-order valence-corrected chi connectivity index (χ1v) is 7.39. The van der Waals surface area contributed by atoms with Gasteiger partial charge in [0.05, 0.1) is 4.47 Å². The maximum Gasteiger partial charge on any atom is 0.137 e. The summed E-state index contributed by atoms with van der Waals surface area (Å²) in [5.74, 6) is -0.192. The van der Waals surface area contributed by atoms with Gasteiger partial charge in [0.25, 0.3) is 0 Å². The van der Waals surface area contributed by atoms with Gasteiger partial charge in [0, 0.05) is 11.7 Å². The first-order chi connectivity index (χ1) is 8.37. The van der Waals surface area contributed by atoms with E-state index in [0.29, 0.717) is 15.9 Å². The predicted octanol–water partition coefficient (Wildman–Crippen LogP) is 5.28. The highest BCUT2D eigenvalue weighted by Crippen LogP contribution is 2.36. The molecule has 0 amide bonds. The minimum absolute atomic E-state index is 0.192. The Morgan fingerprint density at radius 1 is 1.28 bits per heavy atom. The second kappa shape index (κ2) is 5.20. The lowest BCUT2D eigenvalue weighted by molar-refractivity contribution is 0.232.